The van der Waals surface area contributed by atoms with Crippen molar-refractivity contribution >= 4 is 29.3 Å². The molecule has 2 aromatic carbocycles. The number of allylic oxidation sites excluding steroid dienone is 1. The molecule has 1 aliphatic rings. The summed E-state index contributed by atoms with van der Waals surface area (Å²) in [6, 6.07) is 12.9. The first-order valence-electron chi connectivity index (χ1n) is 10.7. The van der Waals surface area contributed by atoms with Gasteiger partial charge >= 0.3 is 0 Å². The molecular formula is C26H30N2O4S. The third kappa shape index (κ3) is 6.83. The molecule has 0 heterocycles. The summed E-state index contributed by atoms with van der Waals surface area (Å²) in [5.41, 5.74) is 8.63. The van der Waals surface area contributed by atoms with Crippen molar-refractivity contribution in [1.82, 2.24) is 5.32 Å². The predicted molar refractivity (Wildman–Crippen MR) is 135 cm³/mol. The maximum Gasteiger partial charge on any atom is 0.257 e. The third-order valence-corrected chi connectivity index (χ3v) is 5.55. The van der Waals surface area contributed by atoms with Crippen LogP contribution in [0.5, 0.6) is 17.2 Å². The van der Waals surface area contributed by atoms with Crippen LogP contribution in [0.4, 0.5) is 0 Å². The number of carbonyl (C=O) groups is 1. The summed E-state index contributed by atoms with van der Waals surface area (Å²) in [7, 11) is 3.22. The Kier molecular flexibility index (Phi) is 8.89. The van der Waals surface area contributed by atoms with Crippen molar-refractivity contribution in [3.63, 3.8) is 0 Å². The van der Waals surface area contributed by atoms with Crippen LogP contribution in [0.1, 0.15) is 24.0 Å². The molecule has 0 radical (unpaired) electrons. The average Bonchev–Trinajstić information content (AvgIpc) is 3.67. The van der Waals surface area contributed by atoms with Gasteiger partial charge in [-0.1, -0.05) is 24.3 Å². The van der Waals surface area contributed by atoms with Crippen LogP contribution in [0.15, 0.2) is 65.8 Å². The first-order chi connectivity index (χ1) is 16.1. The second kappa shape index (κ2) is 12.1. The number of thioether (sulfide) groups is 1. The van der Waals surface area contributed by atoms with Gasteiger partial charge in [0.05, 0.1) is 26.4 Å². The number of rotatable bonds is 11. The normalized spacial score (nSPS) is 14.3. The Bertz CT molecular complexity index is 1040. The molecule has 0 aliphatic heterocycles. The molecule has 1 saturated carbocycles. The molecule has 0 atom stereocenters. The standard InChI is InChI=1S/C26H30N2O4S/c1-30-21-12-9-19(10-13-21)24(26(29)28-15-16-33-3)22(27)14-11-20-5-4-6-23(31-2)25(20)32-17-18-7-8-18/h4-6,9-16,18H,7-8,17,27H2,1-3H3,(H,28,29)/b14-11+,16-15-,24-22-. The SMILES string of the molecule is COc1ccc(/C(C(=O)N/C=C\SC)=C(N)\C=C\c2cccc(OC)c2OCC2CC2)cc1. The van der Waals surface area contributed by atoms with Crippen molar-refractivity contribution < 1.29 is 19.0 Å². The van der Waals surface area contributed by atoms with Crippen molar-refractivity contribution in [3.05, 3.63) is 77.0 Å². The second-order valence-electron chi connectivity index (χ2n) is 7.54. The van der Waals surface area contributed by atoms with Gasteiger partial charge in [-0.3, -0.25) is 4.79 Å². The lowest BCUT2D eigenvalue weighted by Gasteiger charge is -2.13. The highest BCUT2D eigenvalue weighted by Crippen LogP contribution is 2.36. The van der Waals surface area contributed by atoms with Crippen LogP contribution in [0.3, 0.4) is 0 Å². The fourth-order valence-electron chi connectivity index (χ4n) is 3.16. The Labute approximate surface area is 199 Å². The fourth-order valence-corrected chi connectivity index (χ4v) is 3.37. The van der Waals surface area contributed by atoms with Crippen LogP contribution >= 0.6 is 11.8 Å². The Hall–Kier alpha value is -3.32. The molecule has 1 amide bonds. The van der Waals surface area contributed by atoms with Crippen LogP contribution in [0, 0.1) is 5.92 Å². The summed E-state index contributed by atoms with van der Waals surface area (Å²) in [6.07, 6.45) is 9.46. The summed E-state index contributed by atoms with van der Waals surface area (Å²) in [6.45, 7) is 0.661. The Morgan fingerprint density at radius 1 is 1.15 bits per heavy atom. The maximum atomic E-state index is 13.0. The van der Waals surface area contributed by atoms with E-state index in [2.05, 4.69) is 5.32 Å². The Balaban J connectivity index is 1.95. The van der Waals surface area contributed by atoms with Crippen LogP contribution in [0.25, 0.3) is 11.6 Å². The zero-order valence-electron chi connectivity index (χ0n) is 19.2. The molecular weight excluding hydrogens is 436 g/mol. The van der Waals surface area contributed by atoms with E-state index < -0.39 is 0 Å². The van der Waals surface area contributed by atoms with Crippen molar-refractivity contribution in [1.29, 1.82) is 0 Å². The van der Waals surface area contributed by atoms with E-state index in [-0.39, 0.29) is 5.91 Å². The van der Waals surface area contributed by atoms with Gasteiger partial charge < -0.3 is 25.3 Å². The Morgan fingerprint density at radius 2 is 1.91 bits per heavy atom. The van der Waals surface area contributed by atoms with Crippen molar-refractivity contribution in [2.24, 2.45) is 11.7 Å². The van der Waals surface area contributed by atoms with Gasteiger partial charge in [-0.2, -0.15) is 0 Å². The van der Waals surface area contributed by atoms with E-state index in [1.54, 1.807) is 44.0 Å². The third-order valence-electron chi connectivity index (χ3n) is 5.15. The highest BCUT2D eigenvalue weighted by molar-refractivity contribution is 8.01. The summed E-state index contributed by atoms with van der Waals surface area (Å²) < 4.78 is 16.8. The van der Waals surface area contributed by atoms with Crippen LogP contribution < -0.4 is 25.3 Å². The van der Waals surface area contributed by atoms with Crippen LogP contribution in [0.2, 0.25) is 0 Å². The number of methoxy groups -OCH3 is 2. The zero-order valence-corrected chi connectivity index (χ0v) is 20.0. The zero-order chi connectivity index (χ0) is 23.6. The summed E-state index contributed by atoms with van der Waals surface area (Å²) in [5.74, 6) is 2.34. The second-order valence-corrected chi connectivity index (χ2v) is 8.28. The molecule has 3 rings (SSSR count). The molecule has 3 N–H and O–H groups in total. The molecule has 6 nitrogen and oxygen atoms in total. The molecule has 7 heteroatoms. The minimum Gasteiger partial charge on any atom is -0.497 e. The number of hydrogen-bond acceptors (Lipinski definition) is 6. The number of amides is 1. The van der Waals surface area contributed by atoms with E-state index in [1.165, 1.54) is 24.6 Å². The lowest BCUT2D eigenvalue weighted by atomic mass is 10.0. The lowest BCUT2D eigenvalue weighted by molar-refractivity contribution is -0.114. The average molecular weight is 467 g/mol. The van der Waals surface area contributed by atoms with Crippen LogP contribution in [-0.4, -0.2) is 33.0 Å². The predicted octanol–water partition coefficient (Wildman–Crippen LogP) is 4.83. The van der Waals surface area contributed by atoms with E-state index in [9.17, 15) is 4.79 Å². The van der Waals surface area contributed by atoms with Crippen molar-refractivity contribution in [3.8, 4) is 17.2 Å². The van der Waals surface area contributed by atoms with Gasteiger partial charge in [0, 0.05) is 17.5 Å². The minimum atomic E-state index is -0.302. The van der Waals surface area contributed by atoms with Gasteiger partial charge in [0.15, 0.2) is 11.5 Å². The van der Waals surface area contributed by atoms with E-state index in [0.29, 0.717) is 46.6 Å². The monoisotopic (exact) mass is 466 g/mol. The fraction of sp³-hybridized carbons (Fsp3) is 0.269. The molecule has 1 aliphatic carbocycles. The number of ether oxygens (including phenoxy) is 3. The highest BCUT2D eigenvalue weighted by Gasteiger charge is 2.23. The first-order valence-corrected chi connectivity index (χ1v) is 12.0. The lowest BCUT2D eigenvalue weighted by Crippen LogP contribution is -2.21. The number of carbonyl (C=O) groups excluding carboxylic acids is 1. The summed E-state index contributed by atoms with van der Waals surface area (Å²) in [4.78, 5) is 13.0. The number of hydrogen-bond donors (Lipinski definition) is 2. The molecule has 33 heavy (non-hydrogen) atoms. The first kappa shape index (κ1) is 24.3. The largest absolute Gasteiger partial charge is 0.497 e. The number of para-hydroxylation sites is 1. The number of nitrogens with two attached hydrogens (primary N) is 1. The molecule has 0 saturated heterocycles. The summed E-state index contributed by atoms with van der Waals surface area (Å²) in [5, 5.41) is 4.56. The van der Waals surface area contributed by atoms with Gasteiger partial charge in [-0.15, -0.1) is 11.8 Å². The van der Waals surface area contributed by atoms with Gasteiger partial charge in [-0.25, -0.2) is 0 Å². The molecule has 2 aromatic rings. The van der Waals surface area contributed by atoms with Gasteiger partial charge in [-0.05, 0) is 66.3 Å². The van der Waals surface area contributed by atoms with Gasteiger partial charge in [0.2, 0.25) is 0 Å². The molecule has 0 spiro atoms. The Morgan fingerprint density at radius 3 is 2.55 bits per heavy atom. The smallest absolute Gasteiger partial charge is 0.257 e. The van der Waals surface area contributed by atoms with E-state index >= 15 is 0 Å². The topological polar surface area (TPSA) is 82.8 Å². The molecule has 0 bridgehead atoms. The van der Waals surface area contributed by atoms with Crippen LogP contribution in [-0.2, 0) is 4.79 Å². The molecule has 1 fully saturated rings. The maximum absolute atomic E-state index is 13.0. The molecule has 0 aromatic heterocycles. The van der Waals surface area contributed by atoms with Crippen molar-refractivity contribution in [2.45, 2.75) is 12.8 Å². The quantitative estimate of drug-likeness (QED) is 0.365. The minimum absolute atomic E-state index is 0.302. The van der Waals surface area contributed by atoms with E-state index in [4.69, 9.17) is 19.9 Å². The summed E-state index contributed by atoms with van der Waals surface area (Å²) >= 11 is 1.49. The number of benzene rings is 2. The molecule has 0 unspecified atom stereocenters. The van der Waals surface area contributed by atoms with E-state index in [0.717, 1.165) is 5.56 Å². The van der Waals surface area contributed by atoms with Gasteiger partial charge in [0.1, 0.15) is 5.75 Å². The van der Waals surface area contributed by atoms with Crippen molar-refractivity contribution in [2.75, 3.05) is 27.1 Å². The highest BCUT2D eigenvalue weighted by atomic mass is 32.2. The van der Waals surface area contributed by atoms with Gasteiger partial charge in [0.25, 0.3) is 5.91 Å². The van der Waals surface area contributed by atoms with E-state index in [1.807, 2.05) is 42.7 Å². The molecule has 174 valence electrons. The number of nitrogens with one attached hydrogen (secondary N) is 1.